The first kappa shape index (κ1) is 34.0. The Kier molecular flexibility index (Phi) is 15.3. The third kappa shape index (κ3) is 9.97. The fraction of sp³-hybridized carbons (Fsp3) is 0.594. The van der Waals surface area contributed by atoms with E-state index in [1.165, 1.54) is 35.3 Å². The molecule has 1 N–H and O–H groups in total. The molecule has 39 heavy (non-hydrogen) atoms. The molecule has 1 aromatic carbocycles. The first-order valence-corrected chi connectivity index (χ1v) is 16.5. The van der Waals surface area contributed by atoms with E-state index in [-0.39, 0.29) is 11.7 Å². The van der Waals surface area contributed by atoms with Gasteiger partial charge in [-0.15, -0.1) is 0 Å². The third-order valence-electron chi connectivity index (χ3n) is 7.59. The number of nitrogens with zero attached hydrogens (tertiary/aromatic N) is 1. The van der Waals surface area contributed by atoms with Crippen LogP contribution < -0.4 is 0 Å². The maximum atomic E-state index is 11.9. The van der Waals surface area contributed by atoms with Gasteiger partial charge in [0.15, 0.2) is 0 Å². The number of carboxylic acid groups (broad SMARTS) is 1. The van der Waals surface area contributed by atoms with E-state index in [9.17, 15) is 9.59 Å². The molecule has 0 saturated carbocycles. The van der Waals surface area contributed by atoms with Gasteiger partial charge in [0.25, 0.3) is 0 Å². The monoisotopic (exact) mass is 683 g/mol. The summed E-state index contributed by atoms with van der Waals surface area (Å²) in [6.45, 7) is 8.87. The van der Waals surface area contributed by atoms with Crippen molar-refractivity contribution < 1.29 is 14.7 Å². The summed E-state index contributed by atoms with van der Waals surface area (Å²) < 4.78 is 2.27. The van der Waals surface area contributed by atoms with E-state index in [1.54, 1.807) is 0 Å². The zero-order chi connectivity index (χ0) is 28.9. The van der Waals surface area contributed by atoms with Crippen LogP contribution >= 0.6 is 43.5 Å². The number of carbonyl (C=O) groups excluding carboxylic acids is 1. The van der Waals surface area contributed by atoms with E-state index in [0.717, 1.165) is 59.0 Å². The maximum Gasteiger partial charge on any atom is 0.307 e. The molecular weight excluding hydrogens is 642 g/mol. The molecule has 0 spiro atoms. The van der Waals surface area contributed by atoms with Crippen molar-refractivity contribution in [3.05, 3.63) is 55.0 Å². The minimum Gasteiger partial charge on any atom is -0.481 e. The molecule has 0 bridgehead atoms. The van der Waals surface area contributed by atoms with Gasteiger partial charge in [-0.1, -0.05) is 96.8 Å². The van der Waals surface area contributed by atoms with Crippen molar-refractivity contribution in [1.82, 2.24) is 0 Å². The fourth-order valence-electron chi connectivity index (χ4n) is 5.56. The fourth-order valence-corrected chi connectivity index (χ4v) is 7.13. The number of benzene rings is 1. The number of Topliss-reactive ketones (excluding diaryl/α,β-unsaturated/α-hetero) is 1. The van der Waals surface area contributed by atoms with E-state index >= 15 is 0 Å². The van der Waals surface area contributed by atoms with Gasteiger partial charge in [-0.3, -0.25) is 14.6 Å². The van der Waals surface area contributed by atoms with Gasteiger partial charge in [-0.05, 0) is 79.5 Å². The van der Waals surface area contributed by atoms with Gasteiger partial charge in [0, 0.05) is 37.9 Å². The second-order valence-electron chi connectivity index (χ2n) is 10.5. The van der Waals surface area contributed by atoms with E-state index < -0.39 is 11.9 Å². The number of ketones is 1. The lowest BCUT2D eigenvalue weighted by Crippen LogP contribution is -2.29. The Hall–Kier alpha value is -1.24. The highest BCUT2D eigenvalue weighted by Crippen LogP contribution is 2.41. The minimum absolute atomic E-state index is 0.137. The van der Waals surface area contributed by atoms with Crippen LogP contribution in [0.4, 0.5) is 0 Å². The Morgan fingerprint density at radius 3 is 2.38 bits per heavy atom. The predicted molar refractivity (Wildman–Crippen MR) is 171 cm³/mol. The summed E-state index contributed by atoms with van der Waals surface area (Å²) in [5.74, 6) is -1.11. The molecule has 1 aliphatic carbocycles. The van der Waals surface area contributed by atoms with Gasteiger partial charge in [-0.25, -0.2) is 0 Å². The number of rotatable bonds is 12. The van der Waals surface area contributed by atoms with Gasteiger partial charge < -0.3 is 5.11 Å². The van der Waals surface area contributed by atoms with Crippen molar-refractivity contribution in [2.45, 2.75) is 104 Å². The molecule has 0 fully saturated rings. The lowest BCUT2D eigenvalue weighted by atomic mass is 9.82. The lowest BCUT2D eigenvalue weighted by molar-refractivity contribution is -0.147. The van der Waals surface area contributed by atoms with Gasteiger partial charge >= 0.3 is 5.97 Å². The third-order valence-corrected chi connectivity index (χ3v) is 9.02. The number of fused-ring (bicyclic) bond motifs is 2. The molecule has 4 nitrogen and oxygen atoms in total. The summed E-state index contributed by atoms with van der Waals surface area (Å²) in [6, 6.07) is 4.16. The van der Waals surface area contributed by atoms with Crippen molar-refractivity contribution in [1.29, 1.82) is 0 Å². The second kappa shape index (κ2) is 17.5. The largest absolute Gasteiger partial charge is 0.481 e. The normalized spacial score (nSPS) is 18.0. The molecule has 3 unspecified atom stereocenters. The first-order valence-electron chi connectivity index (χ1n) is 14.5. The number of allylic oxidation sites excluding steroid dienone is 3. The molecule has 0 aromatic heterocycles. The Morgan fingerprint density at radius 2 is 1.77 bits per heavy atom. The summed E-state index contributed by atoms with van der Waals surface area (Å²) in [7, 11) is 0. The van der Waals surface area contributed by atoms with E-state index in [1.807, 2.05) is 26.8 Å². The average molecular weight is 686 g/mol. The number of halogens is 3. The van der Waals surface area contributed by atoms with Crippen molar-refractivity contribution in [2.75, 3.05) is 6.54 Å². The van der Waals surface area contributed by atoms with Crippen LogP contribution in [0.25, 0.3) is 0 Å². The molecular formula is C32H44Br2ClNO3. The maximum absolute atomic E-state index is 11.9. The molecule has 2 aliphatic rings. The van der Waals surface area contributed by atoms with Gasteiger partial charge in [0.05, 0.1) is 12.5 Å². The molecule has 1 aliphatic heterocycles. The number of unbranched alkanes of at least 4 members (excludes halogenated alkanes) is 2. The predicted octanol–water partition coefficient (Wildman–Crippen LogP) is 10.3. The van der Waals surface area contributed by atoms with E-state index in [0.29, 0.717) is 25.2 Å². The van der Waals surface area contributed by atoms with Crippen LogP contribution in [0.3, 0.4) is 0 Å². The quantitative estimate of drug-likeness (QED) is 0.238. The molecule has 7 heteroatoms. The number of carboxylic acids is 1. The Morgan fingerprint density at radius 1 is 1.05 bits per heavy atom. The molecule has 0 radical (unpaired) electrons. The number of hydrogen-bond donors (Lipinski definition) is 1. The zero-order valence-corrected chi connectivity index (χ0v) is 27.8. The van der Waals surface area contributed by atoms with Crippen LogP contribution in [0.1, 0.15) is 109 Å². The van der Waals surface area contributed by atoms with E-state index in [2.05, 4.69) is 57.0 Å². The Bertz CT molecular complexity index is 1080. The van der Waals surface area contributed by atoms with Gasteiger partial charge in [0.1, 0.15) is 5.78 Å². The van der Waals surface area contributed by atoms with Crippen LogP contribution in [-0.2, 0) is 16.0 Å². The van der Waals surface area contributed by atoms with Crippen LogP contribution in [0.2, 0.25) is 5.02 Å². The highest BCUT2D eigenvalue weighted by Gasteiger charge is 2.31. The summed E-state index contributed by atoms with van der Waals surface area (Å²) >= 11 is 13.7. The number of aliphatic imine (C=N–C) groups is 1. The minimum atomic E-state index is -0.828. The van der Waals surface area contributed by atoms with Gasteiger partial charge in [0.2, 0.25) is 0 Å². The average Bonchev–Trinajstić information content (AvgIpc) is 3.16. The highest BCUT2D eigenvalue weighted by atomic mass is 79.9. The number of aryl methyl sites for hydroxylation is 1. The van der Waals surface area contributed by atoms with Gasteiger partial charge in [-0.2, -0.15) is 0 Å². The lowest BCUT2D eigenvalue weighted by Gasteiger charge is -2.22. The van der Waals surface area contributed by atoms with Crippen LogP contribution in [0.15, 0.2) is 43.8 Å². The Balaban J connectivity index is 0.000000295. The standard InChI is InChI=1S/C19H20Br2ClN.C13H24O3/c1-2-3-4-16-18-12(10-15(22)11-17(18)21)5-6-13-9-14(20)7-8-23-19(13)16;1-4-7-9-12(14)11(8-5-2)10(6-3)13(15)16/h7,9-11,16H,2-6,8H2,1H3;10-11H,4-9H2,1-3H3,(H,15,16). The zero-order valence-electron chi connectivity index (χ0n) is 23.9. The summed E-state index contributed by atoms with van der Waals surface area (Å²) in [5.41, 5.74) is 5.39. The number of carbonyl (C=O) groups is 2. The SMILES string of the molecule is CCCCC(=O)C(CCC)C(CC)C(=O)O.CCCCC1C2=NCC=C(Br)C=C2CCc2cc(Cl)cc(Br)c21. The molecule has 3 atom stereocenters. The highest BCUT2D eigenvalue weighted by molar-refractivity contribution is 9.12. The molecule has 0 saturated heterocycles. The number of hydrogen-bond acceptors (Lipinski definition) is 3. The van der Waals surface area contributed by atoms with Crippen LogP contribution in [0, 0.1) is 11.8 Å². The molecule has 216 valence electrons. The molecule has 1 heterocycles. The topological polar surface area (TPSA) is 66.7 Å². The van der Waals surface area contributed by atoms with Crippen LogP contribution in [0.5, 0.6) is 0 Å². The van der Waals surface area contributed by atoms with Crippen LogP contribution in [-0.4, -0.2) is 29.1 Å². The first-order chi connectivity index (χ1) is 18.7. The number of aliphatic carboxylic acids is 1. The molecule has 0 amide bonds. The summed E-state index contributed by atoms with van der Waals surface area (Å²) in [5, 5.41) is 9.90. The molecule has 3 rings (SSSR count). The van der Waals surface area contributed by atoms with Crippen molar-refractivity contribution in [3.8, 4) is 0 Å². The summed E-state index contributed by atoms with van der Waals surface area (Å²) in [4.78, 5) is 27.9. The van der Waals surface area contributed by atoms with Crippen molar-refractivity contribution in [2.24, 2.45) is 16.8 Å². The van der Waals surface area contributed by atoms with Crippen molar-refractivity contribution in [3.63, 3.8) is 0 Å². The Labute approximate surface area is 257 Å². The second-order valence-corrected chi connectivity index (χ2v) is 12.7. The van der Waals surface area contributed by atoms with E-state index in [4.69, 9.17) is 21.7 Å². The smallest absolute Gasteiger partial charge is 0.307 e. The van der Waals surface area contributed by atoms with Crippen molar-refractivity contribution >= 4 is 60.9 Å². The molecule has 1 aromatic rings. The summed E-state index contributed by atoms with van der Waals surface area (Å²) in [6.07, 6.45) is 14.5.